The number of halogens is 2. The van der Waals surface area contributed by atoms with Crippen LogP contribution in [-0.4, -0.2) is 10.7 Å². The van der Waals surface area contributed by atoms with E-state index in [0.29, 0.717) is 5.92 Å². The Morgan fingerprint density at radius 1 is 0.710 bits per heavy atom. The molecule has 0 aromatic heterocycles. The lowest BCUT2D eigenvalue weighted by Crippen LogP contribution is -2.47. The van der Waals surface area contributed by atoms with E-state index < -0.39 is 17.2 Å². The van der Waals surface area contributed by atoms with Gasteiger partial charge in [-0.2, -0.15) is 0 Å². The van der Waals surface area contributed by atoms with E-state index in [1.54, 1.807) is 0 Å². The second-order valence-electron chi connectivity index (χ2n) is 10.2. The first-order valence-corrected chi connectivity index (χ1v) is 12.9. The molecule has 0 heterocycles. The molecule has 1 atom stereocenters. The Balaban J connectivity index is 2.48. The van der Waals surface area contributed by atoms with E-state index in [2.05, 4.69) is 34.6 Å². The highest BCUT2D eigenvalue weighted by Gasteiger charge is 2.41. The van der Waals surface area contributed by atoms with Gasteiger partial charge >= 0.3 is 0 Å². The van der Waals surface area contributed by atoms with Gasteiger partial charge < -0.3 is 5.11 Å². The van der Waals surface area contributed by atoms with Gasteiger partial charge in [-0.3, -0.25) is 0 Å². The topological polar surface area (TPSA) is 20.2 Å². The molecule has 0 aliphatic heterocycles. The highest BCUT2D eigenvalue weighted by Crippen LogP contribution is 2.39. The molecular weight excluding hydrogens is 390 g/mol. The van der Waals surface area contributed by atoms with Crippen LogP contribution in [0, 0.1) is 29.4 Å². The minimum Gasteiger partial charge on any atom is -0.389 e. The van der Waals surface area contributed by atoms with E-state index in [1.165, 1.54) is 50.7 Å². The Hall–Kier alpha value is -0.960. The third-order valence-electron chi connectivity index (χ3n) is 7.10. The summed E-state index contributed by atoms with van der Waals surface area (Å²) in [4.78, 5) is 0. The number of rotatable bonds is 17. The zero-order chi connectivity index (χ0) is 23.3. The van der Waals surface area contributed by atoms with E-state index in [0.717, 1.165) is 56.6 Å². The molecule has 0 aliphatic rings. The monoisotopic (exact) mass is 438 g/mol. The highest BCUT2D eigenvalue weighted by molar-refractivity contribution is 5.17. The molecule has 0 bridgehead atoms. The van der Waals surface area contributed by atoms with Crippen molar-refractivity contribution in [3.05, 3.63) is 35.4 Å². The van der Waals surface area contributed by atoms with E-state index >= 15 is 0 Å². The van der Waals surface area contributed by atoms with Crippen LogP contribution in [-0.2, 0) is 6.42 Å². The van der Waals surface area contributed by atoms with Gasteiger partial charge in [0.1, 0.15) is 11.6 Å². The van der Waals surface area contributed by atoms with Crippen LogP contribution in [0.1, 0.15) is 117 Å². The minimum absolute atomic E-state index is 0.250. The number of hydrogen-bond donors (Lipinski definition) is 1. The Kier molecular flexibility index (Phi) is 13.6. The lowest BCUT2D eigenvalue weighted by Gasteiger charge is -2.43. The van der Waals surface area contributed by atoms with Crippen molar-refractivity contribution in [1.29, 1.82) is 0 Å². The molecule has 31 heavy (non-hydrogen) atoms. The Morgan fingerprint density at radius 2 is 1.16 bits per heavy atom. The number of unbranched alkanes of at least 4 members (excludes halogenated alkanes) is 8. The summed E-state index contributed by atoms with van der Waals surface area (Å²) < 4.78 is 26.6. The Bertz CT molecular complexity index is 568. The van der Waals surface area contributed by atoms with Gasteiger partial charge in [-0.15, -0.1) is 0 Å². The number of aliphatic hydroxyl groups is 1. The molecular formula is C28H48F2O. The standard InChI is InChI=1S/C28H48F2O/c1-6-7-8-9-10-14-17-25(28(31,22(2)3)23(4)5)18-15-12-11-13-16-24-19-26(29)21-27(30)20-24/h19-23,25,31H,6-18H2,1-5H3. The molecule has 1 unspecified atom stereocenters. The maximum atomic E-state index is 13.3. The van der Waals surface area contributed by atoms with Crippen molar-refractivity contribution < 1.29 is 13.9 Å². The Labute approximate surface area is 191 Å². The molecule has 1 rings (SSSR count). The first-order valence-electron chi connectivity index (χ1n) is 12.9. The van der Waals surface area contributed by atoms with E-state index in [9.17, 15) is 13.9 Å². The van der Waals surface area contributed by atoms with E-state index in [-0.39, 0.29) is 11.8 Å². The fourth-order valence-electron chi connectivity index (χ4n) is 5.22. The third kappa shape index (κ3) is 10.0. The summed E-state index contributed by atoms with van der Waals surface area (Å²) >= 11 is 0. The quantitative estimate of drug-likeness (QED) is 0.241. The van der Waals surface area contributed by atoms with Gasteiger partial charge in [0.25, 0.3) is 0 Å². The molecule has 0 aliphatic carbocycles. The molecule has 0 radical (unpaired) electrons. The smallest absolute Gasteiger partial charge is 0.126 e. The summed E-state index contributed by atoms with van der Waals surface area (Å²) in [6.45, 7) is 10.9. The predicted molar refractivity (Wildman–Crippen MR) is 129 cm³/mol. The highest BCUT2D eigenvalue weighted by atomic mass is 19.1. The molecule has 0 saturated carbocycles. The SMILES string of the molecule is CCCCCCCCC(CCCCCCc1cc(F)cc(F)c1)C(O)(C(C)C)C(C)C. The average Bonchev–Trinajstić information content (AvgIpc) is 2.69. The number of hydrogen-bond acceptors (Lipinski definition) is 1. The van der Waals surface area contributed by atoms with Crippen LogP contribution < -0.4 is 0 Å². The molecule has 0 saturated heterocycles. The average molecular weight is 439 g/mol. The molecule has 3 heteroatoms. The minimum atomic E-state index is -0.609. The van der Waals surface area contributed by atoms with Gasteiger partial charge in [-0.05, 0) is 61.1 Å². The normalized spacial score (nSPS) is 13.4. The molecule has 1 aromatic carbocycles. The molecule has 0 spiro atoms. The van der Waals surface area contributed by atoms with Crippen molar-refractivity contribution in [3.8, 4) is 0 Å². The zero-order valence-corrected chi connectivity index (χ0v) is 20.9. The van der Waals surface area contributed by atoms with Gasteiger partial charge in [-0.1, -0.05) is 92.4 Å². The van der Waals surface area contributed by atoms with Crippen LogP contribution in [0.15, 0.2) is 18.2 Å². The fourth-order valence-corrected chi connectivity index (χ4v) is 5.22. The van der Waals surface area contributed by atoms with Gasteiger partial charge in [0.15, 0.2) is 0 Å². The largest absolute Gasteiger partial charge is 0.389 e. The maximum absolute atomic E-state index is 13.3. The lowest BCUT2D eigenvalue weighted by atomic mass is 9.68. The second kappa shape index (κ2) is 15.0. The summed E-state index contributed by atoms with van der Waals surface area (Å²) in [5, 5.41) is 11.6. The van der Waals surface area contributed by atoms with Crippen molar-refractivity contribution in [2.75, 3.05) is 0 Å². The van der Waals surface area contributed by atoms with Gasteiger partial charge in [0.2, 0.25) is 0 Å². The van der Waals surface area contributed by atoms with Crippen LogP contribution in [0.4, 0.5) is 8.78 Å². The number of aryl methyl sites for hydroxylation is 1. The van der Waals surface area contributed by atoms with Crippen molar-refractivity contribution in [3.63, 3.8) is 0 Å². The van der Waals surface area contributed by atoms with Crippen molar-refractivity contribution in [2.45, 2.75) is 124 Å². The molecule has 1 N–H and O–H groups in total. The van der Waals surface area contributed by atoms with Crippen LogP contribution >= 0.6 is 0 Å². The van der Waals surface area contributed by atoms with E-state index in [4.69, 9.17) is 0 Å². The summed E-state index contributed by atoms with van der Waals surface area (Å²) in [6, 6.07) is 3.80. The van der Waals surface area contributed by atoms with Gasteiger partial charge in [0, 0.05) is 6.07 Å². The second-order valence-corrected chi connectivity index (χ2v) is 10.2. The van der Waals surface area contributed by atoms with Crippen molar-refractivity contribution in [1.82, 2.24) is 0 Å². The number of benzene rings is 1. The predicted octanol–water partition coefficient (Wildman–Crippen LogP) is 8.87. The summed E-state index contributed by atoms with van der Waals surface area (Å²) in [5.74, 6) is -0.139. The maximum Gasteiger partial charge on any atom is 0.126 e. The molecule has 1 nitrogen and oxygen atoms in total. The zero-order valence-electron chi connectivity index (χ0n) is 20.9. The van der Waals surface area contributed by atoms with Crippen LogP contribution in [0.3, 0.4) is 0 Å². The lowest BCUT2D eigenvalue weighted by molar-refractivity contribution is -0.102. The van der Waals surface area contributed by atoms with Gasteiger partial charge in [-0.25, -0.2) is 8.78 Å². The summed E-state index contributed by atoms with van der Waals surface area (Å²) in [5.41, 5.74) is 0.134. The molecule has 180 valence electrons. The third-order valence-corrected chi connectivity index (χ3v) is 7.10. The first kappa shape index (κ1) is 28.1. The first-order chi connectivity index (χ1) is 14.7. The molecule has 1 aromatic rings. The van der Waals surface area contributed by atoms with E-state index in [1.807, 2.05) is 0 Å². The Morgan fingerprint density at radius 3 is 1.65 bits per heavy atom. The van der Waals surface area contributed by atoms with Crippen LogP contribution in [0.2, 0.25) is 0 Å². The van der Waals surface area contributed by atoms with Crippen molar-refractivity contribution >= 4 is 0 Å². The molecule has 0 fully saturated rings. The van der Waals surface area contributed by atoms with Crippen LogP contribution in [0.25, 0.3) is 0 Å². The van der Waals surface area contributed by atoms with Crippen LogP contribution in [0.5, 0.6) is 0 Å². The fraction of sp³-hybridized carbons (Fsp3) is 0.786. The molecule has 0 amide bonds. The summed E-state index contributed by atoms with van der Waals surface area (Å²) in [6.07, 6.45) is 14.8. The van der Waals surface area contributed by atoms with Crippen molar-refractivity contribution in [2.24, 2.45) is 17.8 Å². The van der Waals surface area contributed by atoms with Gasteiger partial charge in [0.05, 0.1) is 5.60 Å². The summed E-state index contributed by atoms with van der Waals surface area (Å²) in [7, 11) is 0.